The molecule has 0 aromatic rings. The molecule has 8 heteroatoms. The van der Waals surface area contributed by atoms with Crippen molar-refractivity contribution in [3.63, 3.8) is 0 Å². The number of rotatable bonds is 9. The number of aliphatic hydroxyl groups excluding tert-OH is 1. The van der Waals surface area contributed by atoms with Gasteiger partial charge in [-0.1, -0.05) is 19.1 Å². The number of likely N-dealkylation sites (N-methyl/N-ethyl adjacent to an activating group) is 1. The molecule has 0 spiro atoms. The number of nitrogens with zero attached hydrogens (tertiary/aromatic N) is 1. The quantitative estimate of drug-likeness (QED) is 0.485. The van der Waals surface area contributed by atoms with Crippen LogP contribution in [0.1, 0.15) is 6.92 Å². The molecule has 4 nitrogen and oxygen atoms in total. The van der Waals surface area contributed by atoms with Gasteiger partial charge < -0.3 is 20.5 Å². The Balaban J connectivity index is 4.26. The zero-order chi connectivity index (χ0) is 14.2. The van der Waals surface area contributed by atoms with E-state index < -0.39 is 17.1 Å². The lowest BCUT2D eigenvalue weighted by atomic mass is 10.1. The maximum atomic E-state index is 12.7. The van der Waals surface area contributed by atoms with Crippen molar-refractivity contribution in [1.82, 2.24) is 4.90 Å². The molecule has 0 rings (SSSR count). The van der Waals surface area contributed by atoms with Gasteiger partial charge in [-0.2, -0.15) is 13.2 Å². The molecule has 18 heavy (non-hydrogen) atoms. The summed E-state index contributed by atoms with van der Waals surface area (Å²) in [5.41, 5.74) is 5.12. The molecular formula is C10H19F3N2O2S. The van der Waals surface area contributed by atoms with Gasteiger partial charge in [-0.15, -0.1) is 0 Å². The van der Waals surface area contributed by atoms with Crippen LogP contribution in [0.5, 0.6) is 0 Å². The first kappa shape index (κ1) is 17.6. The molecule has 0 aliphatic heterocycles. The van der Waals surface area contributed by atoms with Crippen LogP contribution in [0.15, 0.2) is 0 Å². The number of thiocarbonyl (C=S) groups is 1. The van der Waals surface area contributed by atoms with E-state index in [0.29, 0.717) is 13.1 Å². The highest BCUT2D eigenvalue weighted by Crippen LogP contribution is 2.27. The van der Waals surface area contributed by atoms with E-state index in [1.807, 2.05) is 0 Å². The van der Waals surface area contributed by atoms with Crippen molar-refractivity contribution in [3.05, 3.63) is 0 Å². The second kappa shape index (κ2) is 8.63. The second-order valence-electron chi connectivity index (χ2n) is 3.73. The smallest absolute Gasteiger partial charge is 0.394 e. The summed E-state index contributed by atoms with van der Waals surface area (Å²) in [6, 6.07) is 0. The van der Waals surface area contributed by atoms with Crippen LogP contribution in [-0.2, 0) is 4.74 Å². The van der Waals surface area contributed by atoms with E-state index in [1.54, 1.807) is 11.8 Å². The third-order valence-corrected chi connectivity index (χ3v) is 2.70. The Morgan fingerprint density at radius 1 is 1.44 bits per heavy atom. The van der Waals surface area contributed by atoms with Crippen molar-refractivity contribution in [2.24, 2.45) is 11.7 Å². The summed E-state index contributed by atoms with van der Waals surface area (Å²) >= 11 is 4.45. The van der Waals surface area contributed by atoms with Gasteiger partial charge in [0.25, 0.3) is 0 Å². The van der Waals surface area contributed by atoms with Gasteiger partial charge in [0.2, 0.25) is 0 Å². The molecule has 1 unspecified atom stereocenters. The fourth-order valence-corrected chi connectivity index (χ4v) is 1.56. The summed E-state index contributed by atoms with van der Waals surface area (Å²) in [6.45, 7) is 2.59. The van der Waals surface area contributed by atoms with Crippen LogP contribution in [0, 0.1) is 5.92 Å². The van der Waals surface area contributed by atoms with Gasteiger partial charge >= 0.3 is 6.18 Å². The zero-order valence-corrected chi connectivity index (χ0v) is 11.1. The van der Waals surface area contributed by atoms with Crippen LogP contribution >= 0.6 is 12.2 Å². The van der Waals surface area contributed by atoms with Crippen molar-refractivity contribution in [2.75, 3.05) is 39.5 Å². The van der Waals surface area contributed by atoms with Gasteiger partial charge in [0, 0.05) is 13.1 Å². The number of ether oxygens (including phenoxy) is 1. The molecule has 0 bridgehead atoms. The summed E-state index contributed by atoms with van der Waals surface area (Å²) in [6.07, 6.45) is -4.43. The molecule has 108 valence electrons. The number of hydrogen-bond acceptors (Lipinski definition) is 4. The van der Waals surface area contributed by atoms with Gasteiger partial charge in [0.15, 0.2) is 0 Å². The number of aliphatic hydroxyl groups is 1. The average molecular weight is 288 g/mol. The zero-order valence-electron chi connectivity index (χ0n) is 10.2. The summed E-state index contributed by atoms with van der Waals surface area (Å²) in [5, 5.41) is 8.49. The average Bonchev–Trinajstić information content (AvgIpc) is 2.26. The van der Waals surface area contributed by atoms with Crippen molar-refractivity contribution >= 4 is 17.2 Å². The SMILES string of the molecule is CCN(CCOCCO)CC(C(N)=S)C(F)(F)F. The molecule has 0 aromatic carbocycles. The Kier molecular flexibility index (Phi) is 8.41. The van der Waals surface area contributed by atoms with E-state index in [9.17, 15) is 13.2 Å². The number of nitrogens with two attached hydrogens (primary N) is 1. The maximum Gasteiger partial charge on any atom is 0.399 e. The normalized spacial score (nSPS) is 13.9. The fourth-order valence-electron chi connectivity index (χ4n) is 1.35. The predicted molar refractivity (Wildman–Crippen MR) is 66.3 cm³/mol. The monoisotopic (exact) mass is 288 g/mol. The van der Waals surface area contributed by atoms with E-state index in [2.05, 4.69) is 12.2 Å². The van der Waals surface area contributed by atoms with Gasteiger partial charge in [0.05, 0.1) is 24.8 Å². The van der Waals surface area contributed by atoms with Crippen LogP contribution in [0.3, 0.4) is 0 Å². The maximum absolute atomic E-state index is 12.7. The van der Waals surface area contributed by atoms with Gasteiger partial charge in [-0.3, -0.25) is 0 Å². The van der Waals surface area contributed by atoms with E-state index in [1.165, 1.54) is 0 Å². The molecule has 0 amide bonds. The lowest BCUT2D eigenvalue weighted by Crippen LogP contribution is -2.44. The first-order chi connectivity index (χ1) is 8.32. The van der Waals surface area contributed by atoms with Crippen molar-refractivity contribution in [1.29, 1.82) is 0 Å². The standard InChI is InChI=1S/C10H19F3N2O2S/c1-2-15(3-5-17-6-4-16)7-8(9(14)18)10(11,12)13/h8,16H,2-7H2,1H3,(H2,14,18). The molecule has 0 saturated heterocycles. The minimum atomic E-state index is -4.43. The number of halogens is 3. The summed E-state index contributed by atoms with van der Waals surface area (Å²) in [4.78, 5) is 1.02. The van der Waals surface area contributed by atoms with Crippen molar-refractivity contribution in [3.8, 4) is 0 Å². The largest absolute Gasteiger partial charge is 0.399 e. The molecule has 0 saturated carbocycles. The van der Waals surface area contributed by atoms with E-state index in [0.717, 1.165) is 0 Å². The Bertz CT molecular complexity index is 252. The molecule has 0 aliphatic rings. The molecule has 0 fully saturated rings. The molecule has 1 atom stereocenters. The van der Waals surface area contributed by atoms with Crippen LogP contribution < -0.4 is 5.73 Å². The number of alkyl halides is 3. The summed E-state index contributed by atoms with van der Waals surface area (Å²) in [7, 11) is 0. The van der Waals surface area contributed by atoms with E-state index in [-0.39, 0.29) is 26.4 Å². The topological polar surface area (TPSA) is 58.7 Å². The highest BCUT2D eigenvalue weighted by molar-refractivity contribution is 7.80. The van der Waals surface area contributed by atoms with Crippen LogP contribution in [0.4, 0.5) is 13.2 Å². The minimum Gasteiger partial charge on any atom is -0.394 e. The minimum absolute atomic E-state index is 0.107. The Labute approximate surface area is 110 Å². The van der Waals surface area contributed by atoms with Crippen LogP contribution in [0.25, 0.3) is 0 Å². The lowest BCUT2D eigenvalue weighted by molar-refractivity contribution is -0.159. The van der Waals surface area contributed by atoms with E-state index in [4.69, 9.17) is 15.6 Å². The Morgan fingerprint density at radius 3 is 2.44 bits per heavy atom. The molecule has 0 heterocycles. The van der Waals surface area contributed by atoms with Crippen LogP contribution in [-0.4, -0.2) is 60.6 Å². The predicted octanol–water partition coefficient (Wildman–Crippen LogP) is 0.782. The first-order valence-electron chi connectivity index (χ1n) is 5.59. The Hall–Kier alpha value is -0.440. The summed E-state index contributed by atoms with van der Waals surface area (Å²) in [5.74, 6) is -1.80. The first-order valence-corrected chi connectivity index (χ1v) is 6.00. The molecule has 0 aromatic heterocycles. The molecular weight excluding hydrogens is 269 g/mol. The molecule has 0 aliphatic carbocycles. The van der Waals surface area contributed by atoms with Gasteiger partial charge in [-0.05, 0) is 6.54 Å². The lowest BCUT2D eigenvalue weighted by Gasteiger charge is -2.27. The fraction of sp³-hybridized carbons (Fsp3) is 0.900. The van der Waals surface area contributed by atoms with Crippen LogP contribution in [0.2, 0.25) is 0 Å². The highest BCUT2D eigenvalue weighted by atomic mass is 32.1. The number of hydrogen-bond donors (Lipinski definition) is 2. The van der Waals surface area contributed by atoms with Gasteiger partial charge in [-0.25, -0.2) is 0 Å². The van der Waals surface area contributed by atoms with Gasteiger partial charge in [0.1, 0.15) is 5.92 Å². The summed E-state index contributed by atoms with van der Waals surface area (Å²) < 4.78 is 43.0. The highest BCUT2D eigenvalue weighted by Gasteiger charge is 2.42. The molecule has 0 radical (unpaired) electrons. The van der Waals surface area contributed by atoms with Crippen molar-refractivity contribution in [2.45, 2.75) is 13.1 Å². The Morgan fingerprint density at radius 2 is 2.06 bits per heavy atom. The third-order valence-electron chi connectivity index (χ3n) is 2.41. The second-order valence-corrected chi connectivity index (χ2v) is 4.20. The van der Waals surface area contributed by atoms with E-state index >= 15 is 0 Å². The third kappa shape index (κ3) is 7.10. The van der Waals surface area contributed by atoms with Crippen molar-refractivity contribution < 1.29 is 23.0 Å². The molecule has 3 N–H and O–H groups in total.